The molecule has 0 aromatic heterocycles. The molecule has 7 atom stereocenters. The van der Waals surface area contributed by atoms with E-state index >= 15 is 0 Å². The predicted molar refractivity (Wildman–Crippen MR) is 95.5 cm³/mol. The molecule has 0 spiro atoms. The molecular formula is C19H33FN4O. The lowest BCUT2D eigenvalue weighted by Gasteiger charge is -2.34. The Labute approximate surface area is 150 Å². The van der Waals surface area contributed by atoms with E-state index in [9.17, 15) is 9.18 Å². The van der Waals surface area contributed by atoms with Gasteiger partial charge >= 0.3 is 0 Å². The van der Waals surface area contributed by atoms with E-state index in [1.807, 2.05) is 0 Å². The maximum atomic E-state index is 14.2. The summed E-state index contributed by atoms with van der Waals surface area (Å²) in [6, 6.07) is 0.258. The molecule has 0 aromatic carbocycles. The van der Waals surface area contributed by atoms with Gasteiger partial charge in [-0.2, -0.15) is 0 Å². The molecule has 0 bridgehead atoms. The van der Waals surface area contributed by atoms with Gasteiger partial charge in [0.15, 0.2) is 0 Å². The van der Waals surface area contributed by atoms with Gasteiger partial charge in [-0.25, -0.2) is 4.39 Å². The van der Waals surface area contributed by atoms with Gasteiger partial charge in [-0.1, -0.05) is 13.3 Å². The molecule has 142 valence electrons. The van der Waals surface area contributed by atoms with Crippen molar-refractivity contribution in [2.75, 3.05) is 13.1 Å². The van der Waals surface area contributed by atoms with Crippen molar-refractivity contribution >= 4 is 5.91 Å². The Balaban J connectivity index is 1.31. The molecule has 7 unspecified atom stereocenters. The summed E-state index contributed by atoms with van der Waals surface area (Å²) in [6.07, 6.45) is 6.14. The number of halogens is 1. The molecule has 1 amide bonds. The second-order valence-electron chi connectivity index (χ2n) is 8.87. The van der Waals surface area contributed by atoms with Crippen LogP contribution in [0, 0.1) is 23.7 Å². The SMILES string of the molecule is CC1CCC(F)C2CC(C(=O)NC3CCCC(C4CNNC4)C3)NC12. The molecule has 2 heterocycles. The summed E-state index contributed by atoms with van der Waals surface area (Å²) < 4.78 is 14.2. The van der Waals surface area contributed by atoms with E-state index in [4.69, 9.17) is 0 Å². The number of hydrogen-bond acceptors (Lipinski definition) is 4. The van der Waals surface area contributed by atoms with Crippen LogP contribution in [0.15, 0.2) is 0 Å². The molecule has 2 saturated carbocycles. The van der Waals surface area contributed by atoms with Crippen molar-refractivity contribution in [1.82, 2.24) is 21.5 Å². The van der Waals surface area contributed by atoms with Crippen molar-refractivity contribution in [3.05, 3.63) is 0 Å². The van der Waals surface area contributed by atoms with E-state index in [-0.39, 0.29) is 30.0 Å². The lowest BCUT2D eigenvalue weighted by atomic mass is 9.77. The van der Waals surface area contributed by atoms with E-state index in [0.29, 0.717) is 30.6 Å². The normalized spacial score (nSPS) is 45.3. The van der Waals surface area contributed by atoms with Crippen molar-refractivity contribution in [2.45, 2.75) is 76.2 Å². The lowest BCUT2D eigenvalue weighted by molar-refractivity contribution is -0.124. The summed E-state index contributed by atoms with van der Waals surface area (Å²) in [4.78, 5) is 12.8. The molecule has 4 rings (SSSR count). The maximum Gasteiger partial charge on any atom is 0.237 e. The Kier molecular flexibility index (Phi) is 5.30. The van der Waals surface area contributed by atoms with Crippen LogP contribution in [0.4, 0.5) is 4.39 Å². The number of nitrogens with one attached hydrogen (secondary N) is 4. The van der Waals surface area contributed by atoms with Gasteiger partial charge in [-0.3, -0.25) is 15.6 Å². The maximum absolute atomic E-state index is 14.2. The standard InChI is InChI=1S/C19H33FN4O/c1-11-5-6-16(20)15-8-17(24-18(11)15)19(25)23-14-4-2-3-12(7-14)13-9-21-22-10-13/h11-18,21-22,24H,2-10H2,1H3,(H,23,25). The van der Waals surface area contributed by atoms with Crippen LogP contribution >= 0.6 is 0 Å². The zero-order valence-electron chi connectivity index (χ0n) is 15.3. The fourth-order valence-corrected chi connectivity index (χ4v) is 5.70. The van der Waals surface area contributed by atoms with Crippen molar-refractivity contribution in [3.63, 3.8) is 0 Å². The first-order chi connectivity index (χ1) is 12.1. The van der Waals surface area contributed by atoms with Gasteiger partial charge in [0.25, 0.3) is 0 Å². The fraction of sp³-hybridized carbons (Fsp3) is 0.947. The first-order valence-corrected chi connectivity index (χ1v) is 10.3. The molecule has 4 aliphatic rings. The lowest BCUT2D eigenvalue weighted by Crippen LogP contribution is -2.49. The third-order valence-corrected chi connectivity index (χ3v) is 7.24. The molecule has 5 nitrogen and oxygen atoms in total. The third kappa shape index (κ3) is 3.71. The van der Waals surface area contributed by atoms with Crippen molar-refractivity contribution in [3.8, 4) is 0 Å². The highest BCUT2D eigenvalue weighted by atomic mass is 19.1. The zero-order chi connectivity index (χ0) is 17.4. The molecule has 2 aliphatic heterocycles. The molecular weight excluding hydrogens is 319 g/mol. The van der Waals surface area contributed by atoms with Gasteiger partial charge in [-0.15, -0.1) is 0 Å². The van der Waals surface area contributed by atoms with Gasteiger partial charge in [0.05, 0.1) is 6.04 Å². The number of hydrazine groups is 1. The van der Waals surface area contributed by atoms with E-state index in [0.717, 1.165) is 32.4 Å². The smallest absolute Gasteiger partial charge is 0.237 e. The number of hydrogen-bond donors (Lipinski definition) is 4. The van der Waals surface area contributed by atoms with Crippen LogP contribution in [-0.4, -0.2) is 43.3 Å². The van der Waals surface area contributed by atoms with Crippen molar-refractivity contribution in [2.24, 2.45) is 23.7 Å². The molecule has 25 heavy (non-hydrogen) atoms. The molecule has 0 aromatic rings. The second kappa shape index (κ2) is 7.49. The van der Waals surface area contributed by atoms with Gasteiger partial charge in [0.2, 0.25) is 5.91 Å². The number of carbonyl (C=O) groups excluding carboxylic acids is 1. The van der Waals surface area contributed by atoms with E-state index in [1.165, 1.54) is 12.8 Å². The topological polar surface area (TPSA) is 65.2 Å². The van der Waals surface area contributed by atoms with Crippen molar-refractivity contribution < 1.29 is 9.18 Å². The summed E-state index contributed by atoms with van der Waals surface area (Å²) in [5, 5.41) is 6.75. The molecule has 6 heteroatoms. The van der Waals surface area contributed by atoms with Gasteiger partial charge in [0, 0.05) is 31.1 Å². The highest BCUT2D eigenvalue weighted by Gasteiger charge is 2.46. The van der Waals surface area contributed by atoms with Crippen LogP contribution in [0.2, 0.25) is 0 Å². The summed E-state index contributed by atoms with van der Waals surface area (Å²) in [5.74, 6) is 1.96. The number of fused-ring (bicyclic) bond motifs is 1. The van der Waals surface area contributed by atoms with Gasteiger partial charge < -0.3 is 10.6 Å². The van der Waals surface area contributed by atoms with Crippen molar-refractivity contribution in [1.29, 1.82) is 0 Å². The largest absolute Gasteiger partial charge is 0.352 e. The predicted octanol–water partition coefficient (Wildman–Crippen LogP) is 1.50. The Morgan fingerprint density at radius 3 is 2.60 bits per heavy atom. The number of rotatable bonds is 3. The van der Waals surface area contributed by atoms with Gasteiger partial charge in [-0.05, 0) is 56.3 Å². The monoisotopic (exact) mass is 352 g/mol. The van der Waals surface area contributed by atoms with Crippen LogP contribution in [-0.2, 0) is 4.79 Å². The number of amides is 1. The molecule has 2 aliphatic carbocycles. The molecule has 2 saturated heterocycles. The molecule has 4 fully saturated rings. The van der Waals surface area contributed by atoms with Crippen LogP contribution in [0.3, 0.4) is 0 Å². The summed E-state index contributed by atoms with van der Waals surface area (Å²) in [7, 11) is 0. The Hall–Kier alpha value is -0.720. The van der Waals surface area contributed by atoms with Crippen LogP contribution < -0.4 is 21.5 Å². The minimum atomic E-state index is -0.743. The summed E-state index contributed by atoms with van der Waals surface area (Å²) >= 11 is 0. The zero-order valence-corrected chi connectivity index (χ0v) is 15.3. The first-order valence-electron chi connectivity index (χ1n) is 10.3. The van der Waals surface area contributed by atoms with E-state index in [2.05, 4.69) is 28.4 Å². The molecule has 0 radical (unpaired) electrons. The number of alkyl halides is 1. The van der Waals surface area contributed by atoms with Crippen LogP contribution in [0.25, 0.3) is 0 Å². The minimum Gasteiger partial charge on any atom is -0.352 e. The Morgan fingerprint density at radius 1 is 1.04 bits per heavy atom. The average molecular weight is 352 g/mol. The fourth-order valence-electron chi connectivity index (χ4n) is 5.70. The quantitative estimate of drug-likeness (QED) is 0.622. The number of carbonyl (C=O) groups is 1. The van der Waals surface area contributed by atoms with Crippen LogP contribution in [0.1, 0.15) is 51.9 Å². The highest BCUT2D eigenvalue weighted by molar-refractivity contribution is 5.82. The summed E-state index contributed by atoms with van der Waals surface area (Å²) in [6.45, 7) is 4.26. The minimum absolute atomic E-state index is 0.0224. The van der Waals surface area contributed by atoms with E-state index in [1.54, 1.807) is 0 Å². The van der Waals surface area contributed by atoms with Gasteiger partial charge in [0.1, 0.15) is 6.17 Å². The Bertz CT molecular complexity index is 466. The highest BCUT2D eigenvalue weighted by Crippen LogP contribution is 2.39. The van der Waals surface area contributed by atoms with Crippen LogP contribution in [0.5, 0.6) is 0 Å². The summed E-state index contributed by atoms with van der Waals surface area (Å²) in [5.41, 5.74) is 6.45. The second-order valence-corrected chi connectivity index (χ2v) is 8.87. The van der Waals surface area contributed by atoms with E-state index < -0.39 is 6.17 Å². The average Bonchev–Trinajstić information content (AvgIpc) is 3.28. The molecule has 4 N–H and O–H groups in total. The first kappa shape index (κ1) is 17.7. The Morgan fingerprint density at radius 2 is 1.84 bits per heavy atom. The third-order valence-electron chi connectivity index (χ3n) is 7.24.